The largest absolute Gasteiger partial charge is 0.387 e. The minimum absolute atomic E-state index is 0.227. The van der Waals surface area contributed by atoms with Gasteiger partial charge in [0.05, 0.1) is 18.3 Å². The fraction of sp³-hybridized carbons (Fsp3) is 1.00. The van der Waals surface area contributed by atoms with Gasteiger partial charge < -0.3 is 9.84 Å². The number of rotatable bonds is 3. The topological polar surface area (TPSA) is 29.5 Å². The summed E-state index contributed by atoms with van der Waals surface area (Å²) in [4.78, 5) is 0. The highest BCUT2D eigenvalue weighted by Gasteiger charge is 2.31. The molecule has 2 nitrogen and oxygen atoms in total. The first kappa shape index (κ1) is 9.36. The van der Waals surface area contributed by atoms with E-state index in [2.05, 4.69) is 0 Å². The van der Waals surface area contributed by atoms with E-state index in [9.17, 15) is 5.11 Å². The number of hydrogen-bond acceptors (Lipinski definition) is 3. The molecular formula is C8H16O2S. The molecule has 1 saturated heterocycles. The predicted molar refractivity (Wildman–Crippen MR) is 48.0 cm³/mol. The quantitative estimate of drug-likeness (QED) is 0.702. The second-order valence-corrected chi connectivity index (χ2v) is 4.49. The summed E-state index contributed by atoms with van der Waals surface area (Å²) in [5.74, 6) is 1.90. The van der Waals surface area contributed by atoms with E-state index < -0.39 is 5.60 Å². The van der Waals surface area contributed by atoms with Crippen molar-refractivity contribution in [2.75, 3.05) is 18.1 Å². The molecule has 0 aromatic heterocycles. The molecular weight excluding hydrogens is 160 g/mol. The summed E-state index contributed by atoms with van der Waals surface area (Å²) in [7, 11) is 0. The highest BCUT2D eigenvalue weighted by molar-refractivity contribution is 7.99. The van der Waals surface area contributed by atoms with Crippen molar-refractivity contribution in [3.05, 3.63) is 0 Å². The lowest BCUT2D eigenvalue weighted by molar-refractivity contribution is -0.0485. The van der Waals surface area contributed by atoms with Crippen LogP contribution in [-0.4, -0.2) is 34.9 Å². The van der Waals surface area contributed by atoms with Crippen LogP contribution < -0.4 is 0 Å². The molecule has 0 spiro atoms. The fourth-order valence-corrected chi connectivity index (χ4v) is 2.31. The monoisotopic (exact) mass is 176 g/mol. The second kappa shape index (κ2) is 3.78. The van der Waals surface area contributed by atoms with E-state index in [1.165, 1.54) is 0 Å². The molecule has 11 heavy (non-hydrogen) atoms. The Balaban J connectivity index is 2.23. The first-order chi connectivity index (χ1) is 5.12. The smallest absolute Gasteiger partial charge is 0.0977 e. The van der Waals surface area contributed by atoms with Crippen LogP contribution in [0.1, 0.15) is 20.3 Å². The van der Waals surface area contributed by atoms with Crippen molar-refractivity contribution in [3.8, 4) is 0 Å². The van der Waals surface area contributed by atoms with Crippen molar-refractivity contribution < 1.29 is 9.84 Å². The lowest BCUT2D eigenvalue weighted by Crippen LogP contribution is -2.35. The van der Waals surface area contributed by atoms with Gasteiger partial charge in [-0.2, -0.15) is 11.8 Å². The van der Waals surface area contributed by atoms with E-state index >= 15 is 0 Å². The summed E-state index contributed by atoms with van der Waals surface area (Å²) in [5.41, 5.74) is -0.533. The average Bonchev–Trinajstić information content (AvgIpc) is 2.33. The Morgan fingerprint density at radius 2 is 2.36 bits per heavy atom. The van der Waals surface area contributed by atoms with Crippen LogP contribution in [0, 0.1) is 0 Å². The summed E-state index contributed by atoms with van der Waals surface area (Å²) >= 11 is 1.80. The summed E-state index contributed by atoms with van der Waals surface area (Å²) in [5, 5.41) is 9.79. The van der Waals surface area contributed by atoms with Gasteiger partial charge in [0, 0.05) is 5.75 Å². The van der Waals surface area contributed by atoms with Crippen LogP contribution >= 0.6 is 11.8 Å². The van der Waals surface area contributed by atoms with Gasteiger partial charge in [0.1, 0.15) is 0 Å². The third kappa shape index (κ3) is 3.01. The van der Waals surface area contributed by atoms with Crippen LogP contribution in [0.2, 0.25) is 0 Å². The Bertz CT molecular complexity index is 119. The van der Waals surface area contributed by atoms with Gasteiger partial charge in [-0.1, -0.05) is 0 Å². The van der Waals surface area contributed by atoms with Crippen molar-refractivity contribution in [1.29, 1.82) is 0 Å². The minimum Gasteiger partial charge on any atom is -0.387 e. The predicted octanol–water partition coefficient (Wildman–Crippen LogP) is 1.28. The van der Waals surface area contributed by atoms with E-state index in [1.54, 1.807) is 11.8 Å². The lowest BCUT2D eigenvalue weighted by atomic mass is 10.1. The van der Waals surface area contributed by atoms with E-state index in [-0.39, 0.29) is 6.10 Å². The molecule has 1 atom stereocenters. The molecule has 0 saturated carbocycles. The zero-order valence-corrected chi connectivity index (χ0v) is 7.99. The van der Waals surface area contributed by atoms with Gasteiger partial charge in [0.15, 0.2) is 0 Å². The zero-order chi connectivity index (χ0) is 8.32. The summed E-state index contributed by atoms with van der Waals surface area (Å²) in [6, 6.07) is 0. The molecule has 0 aromatic rings. The standard InChI is InChI=1S/C8H16O2S/c1-7(2)10-5-8(9)3-4-11-6-8/h7,9H,3-6H2,1-2H3. The maximum Gasteiger partial charge on any atom is 0.0977 e. The zero-order valence-electron chi connectivity index (χ0n) is 7.17. The van der Waals surface area contributed by atoms with Crippen molar-refractivity contribution in [2.24, 2.45) is 0 Å². The minimum atomic E-state index is -0.533. The third-order valence-corrected chi connectivity index (χ3v) is 3.00. The van der Waals surface area contributed by atoms with Gasteiger partial charge in [-0.3, -0.25) is 0 Å². The number of thioether (sulfide) groups is 1. The molecule has 1 N–H and O–H groups in total. The maximum atomic E-state index is 9.79. The van der Waals surface area contributed by atoms with E-state index in [0.717, 1.165) is 17.9 Å². The molecule has 1 fully saturated rings. The summed E-state index contributed by atoms with van der Waals surface area (Å²) < 4.78 is 5.37. The first-order valence-electron chi connectivity index (χ1n) is 4.04. The Labute approximate surface area is 72.3 Å². The van der Waals surface area contributed by atoms with Crippen molar-refractivity contribution in [3.63, 3.8) is 0 Å². The van der Waals surface area contributed by atoms with E-state index in [0.29, 0.717) is 6.61 Å². The number of aliphatic hydroxyl groups is 1. The van der Waals surface area contributed by atoms with Gasteiger partial charge in [0.2, 0.25) is 0 Å². The normalized spacial score (nSPS) is 31.6. The Morgan fingerprint density at radius 1 is 1.64 bits per heavy atom. The Kier molecular flexibility index (Phi) is 3.22. The maximum absolute atomic E-state index is 9.79. The molecule has 3 heteroatoms. The lowest BCUT2D eigenvalue weighted by Gasteiger charge is -2.22. The Morgan fingerprint density at radius 3 is 2.82 bits per heavy atom. The van der Waals surface area contributed by atoms with Gasteiger partial charge in [-0.25, -0.2) is 0 Å². The molecule has 0 radical (unpaired) electrons. The SMILES string of the molecule is CC(C)OCC1(O)CCSC1. The Hall–Kier alpha value is 0.270. The molecule has 1 rings (SSSR count). The molecule has 66 valence electrons. The average molecular weight is 176 g/mol. The number of ether oxygens (including phenoxy) is 1. The van der Waals surface area contributed by atoms with Crippen molar-refractivity contribution in [2.45, 2.75) is 32.0 Å². The van der Waals surface area contributed by atoms with Crippen LogP contribution in [0.4, 0.5) is 0 Å². The fourth-order valence-electron chi connectivity index (χ4n) is 1.03. The van der Waals surface area contributed by atoms with Crippen LogP contribution in [0.5, 0.6) is 0 Å². The van der Waals surface area contributed by atoms with Gasteiger partial charge in [-0.05, 0) is 26.0 Å². The molecule has 0 bridgehead atoms. The summed E-state index contributed by atoms with van der Waals surface area (Å²) in [6.07, 6.45) is 1.11. The highest BCUT2D eigenvalue weighted by Crippen LogP contribution is 2.28. The number of hydrogen-bond donors (Lipinski definition) is 1. The van der Waals surface area contributed by atoms with Crippen LogP contribution in [0.15, 0.2) is 0 Å². The molecule has 0 aliphatic carbocycles. The van der Waals surface area contributed by atoms with E-state index in [4.69, 9.17) is 4.74 Å². The molecule has 1 unspecified atom stereocenters. The van der Waals surface area contributed by atoms with Crippen LogP contribution in [-0.2, 0) is 4.74 Å². The van der Waals surface area contributed by atoms with Gasteiger partial charge in [-0.15, -0.1) is 0 Å². The summed E-state index contributed by atoms with van der Waals surface area (Å²) in [6.45, 7) is 4.48. The highest BCUT2D eigenvalue weighted by atomic mass is 32.2. The molecule has 1 aliphatic rings. The second-order valence-electron chi connectivity index (χ2n) is 3.39. The first-order valence-corrected chi connectivity index (χ1v) is 5.20. The van der Waals surface area contributed by atoms with E-state index in [1.807, 2.05) is 13.8 Å². The molecule has 1 aliphatic heterocycles. The molecule has 0 amide bonds. The van der Waals surface area contributed by atoms with Crippen LogP contribution in [0.3, 0.4) is 0 Å². The van der Waals surface area contributed by atoms with Crippen molar-refractivity contribution in [1.82, 2.24) is 0 Å². The molecule has 0 aromatic carbocycles. The van der Waals surface area contributed by atoms with Gasteiger partial charge in [0.25, 0.3) is 0 Å². The van der Waals surface area contributed by atoms with Crippen LogP contribution in [0.25, 0.3) is 0 Å². The third-order valence-electron chi connectivity index (χ3n) is 1.77. The molecule has 1 heterocycles. The van der Waals surface area contributed by atoms with Crippen molar-refractivity contribution >= 4 is 11.8 Å². The van der Waals surface area contributed by atoms with Gasteiger partial charge >= 0.3 is 0 Å².